The zero-order valence-corrected chi connectivity index (χ0v) is 23.4. The molecule has 1 saturated carbocycles. The first-order valence-corrected chi connectivity index (χ1v) is 13.9. The number of benzene rings is 2. The summed E-state index contributed by atoms with van der Waals surface area (Å²) in [6, 6.07) is 13.9. The Kier molecular flexibility index (Phi) is 13.7. The Morgan fingerprint density at radius 1 is 1.05 bits per heavy atom. The van der Waals surface area contributed by atoms with Crippen molar-refractivity contribution < 1.29 is 44.8 Å². The van der Waals surface area contributed by atoms with Crippen LogP contribution in [0, 0.1) is 11.8 Å². The maximum atomic E-state index is 12.1. The van der Waals surface area contributed by atoms with Gasteiger partial charge in [0.25, 0.3) is 0 Å². The van der Waals surface area contributed by atoms with Crippen LogP contribution in [0.3, 0.4) is 0 Å². The van der Waals surface area contributed by atoms with Gasteiger partial charge in [0.05, 0.1) is 24.2 Å². The molecule has 0 amide bonds. The molecule has 3 rings (SSSR count). The monoisotopic (exact) mass is 591 g/mol. The van der Waals surface area contributed by atoms with Gasteiger partial charge >= 0.3 is 5.97 Å². The molecule has 5 N–H and O–H groups in total. The molecule has 2 aromatic carbocycles. The normalized spacial score (nSPS) is 21.6. The molecule has 0 radical (unpaired) electrons. The molecule has 2 aromatic rings. The molecular formula is C30H38ClNO9. The van der Waals surface area contributed by atoms with Crippen LogP contribution in [-0.4, -0.2) is 62.0 Å². The Hall–Kier alpha value is -2.80. The summed E-state index contributed by atoms with van der Waals surface area (Å²) in [5.74, 6) is -0.242. The average molecular weight is 592 g/mol. The first kappa shape index (κ1) is 32.7. The molecule has 1 fully saturated rings. The van der Waals surface area contributed by atoms with Gasteiger partial charge in [-0.1, -0.05) is 66.2 Å². The minimum absolute atomic E-state index is 0.0116. The van der Waals surface area contributed by atoms with E-state index in [-0.39, 0.29) is 55.9 Å². The summed E-state index contributed by atoms with van der Waals surface area (Å²) in [6.07, 6.45) is 7.39. The van der Waals surface area contributed by atoms with Crippen LogP contribution in [0.25, 0.3) is 0 Å². The summed E-state index contributed by atoms with van der Waals surface area (Å²) in [5.41, 5.74) is 1.52. The van der Waals surface area contributed by atoms with Crippen molar-refractivity contribution in [3.8, 4) is 5.75 Å². The van der Waals surface area contributed by atoms with Gasteiger partial charge in [0.15, 0.2) is 0 Å². The molecule has 0 bridgehead atoms. The van der Waals surface area contributed by atoms with Gasteiger partial charge in [-0.05, 0) is 54.5 Å². The van der Waals surface area contributed by atoms with Gasteiger partial charge in [0.1, 0.15) is 25.1 Å². The maximum absolute atomic E-state index is 12.1. The number of esters is 1. The molecule has 0 aromatic heterocycles. The van der Waals surface area contributed by atoms with Crippen molar-refractivity contribution in [3.05, 3.63) is 89.0 Å². The number of allylic oxidation sites excluding steroid dienone is 2. The minimum atomic E-state index is -0.880. The predicted molar refractivity (Wildman–Crippen MR) is 150 cm³/mol. The zero-order chi connectivity index (χ0) is 29.6. The number of carbonyl (C=O) groups excluding carboxylic acids is 1. The van der Waals surface area contributed by atoms with Gasteiger partial charge in [-0.25, -0.2) is 4.84 Å². The van der Waals surface area contributed by atoms with Crippen LogP contribution >= 0.6 is 11.6 Å². The Labute approximate surface area is 244 Å². The van der Waals surface area contributed by atoms with Gasteiger partial charge in [0, 0.05) is 23.8 Å². The summed E-state index contributed by atoms with van der Waals surface area (Å²) >= 11 is 5.94. The number of rotatable bonds is 16. The van der Waals surface area contributed by atoms with Crippen molar-refractivity contribution in [1.82, 2.24) is 5.39 Å². The van der Waals surface area contributed by atoms with Gasteiger partial charge in [-0.2, -0.15) is 0 Å². The fraction of sp³-hybridized carbons (Fsp3) is 0.433. The van der Waals surface area contributed by atoms with Crippen molar-refractivity contribution in [2.75, 3.05) is 6.61 Å². The fourth-order valence-corrected chi connectivity index (χ4v) is 4.77. The topological polar surface area (TPSA) is 149 Å². The summed E-state index contributed by atoms with van der Waals surface area (Å²) < 4.78 is 10.9. The lowest BCUT2D eigenvalue weighted by Gasteiger charge is -2.19. The van der Waals surface area contributed by atoms with E-state index in [0.717, 1.165) is 11.1 Å². The number of ether oxygens (including phenoxy) is 2. The number of halogens is 1. The number of carbonyl (C=O) groups is 1. The lowest BCUT2D eigenvalue weighted by molar-refractivity contribution is -0.497. The third-order valence-corrected chi connectivity index (χ3v) is 7.02. The van der Waals surface area contributed by atoms with E-state index in [1.165, 1.54) is 0 Å². The molecule has 1 aliphatic carbocycles. The minimum Gasteiger partial charge on any atom is -0.491 e. The lowest BCUT2D eigenvalue weighted by atomic mass is 9.89. The van der Waals surface area contributed by atoms with Crippen LogP contribution in [0.5, 0.6) is 5.75 Å². The predicted octanol–water partition coefficient (Wildman–Crippen LogP) is 4.37. The number of unbranched alkanes of at least 4 members (excludes halogenated alkanes) is 1. The van der Waals surface area contributed by atoms with Crippen LogP contribution in [0.15, 0.2) is 72.8 Å². The second-order valence-electron chi connectivity index (χ2n) is 9.93. The molecule has 0 aliphatic heterocycles. The highest BCUT2D eigenvalue weighted by atomic mass is 35.5. The van der Waals surface area contributed by atoms with Gasteiger partial charge in [-0.3, -0.25) is 15.2 Å². The third kappa shape index (κ3) is 11.9. The second kappa shape index (κ2) is 17.2. The van der Waals surface area contributed by atoms with Crippen LogP contribution in [0.4, 0.5) is 0 Å². The van der Waals surface area contributed by atoms with E-state index in [1.54, 1.807) is 60.7 Å². The first-order chi connectivity index (χ1) is 19.7. The maximum Gasteiger partial charge on any atom is 0.306 e. The fourth-order valence-electron chi connectivity index (χ4n) is 4.59. The van der Waals surface area contributed by atoms with Gasteiger partial charge in [-0.15, -0.1) is 0 Å². The highest BCUT2D eigenvalue weighted by molar-refractivity contribution is 6.30. The molecule has 224 valence electrons. The standard InChI is InChI=1S/C30H38ClNO9/c31-23-6-5-7-25(16-23)39-20-24(33)14-15-27-26(28(34)17-29(27)35)8-3-1-2-4-9-30(36)40-18-21-10-12-22(13-11-21)19-41-32(37)38/h1,3,5-7,10-16,24,26-29,33-35,37-38H,2,4,8-9,17-20H2/b3-1-,15-14+/t24-,26-,27-,28+,29-/m1/s1. The molecule has 1 aliphatic rings. The average Bonchev–Trinajstić information content (AvgIpc) is 3.22. The van der Waals surface area contributed by atoms with Crippen molar-refractivity contribution in [3.63, 3.8) is 0 Å². The van der Waals surface area contributed by atoms with Crippen molar-refractivity contribution in [2.24, 2.45) is 11.8 Å². The summed E-state index contributed by atoms with van der Waals surface area (Å²) in [4.78, 5) is 16.6. The van der Waals surface area contributed by atoms with E-state index in [0.29, 0.717) is 30.0 Å². The number of nitrogens with zero attached hydrogens (tertiary/aromatic N) is 1. The molecule has 0 heterocycles. The Morgan fingerprint density at radius 3 is 2.49 bits per heavy atom. The lowest BCUT2D eigenvalue weighted by Crippen LogP contribution is -2.21. The molecule has 0 spiro atoms. The first-order valence-electron chi connectivity index (χ1n) is 13.5. The molecule has 41 heavy (non-hydrogen) atoms. The van der Waals surface area contributed by atoms with Crippen molar-refractivity contribution >= 4 is 17.6 Å². The summed E-state index contributed by atoms with van der Waals surface area (Å²) in [7, 11) is 0. The van der Waals surface area contributed by atoms with Crippen LogP contribution in [-0.2, 0) is 27.6 Å². The highest BCUT2D eigenvalue weighted by Gasteiger charge is 2.39. The summed E-state index contributed by atoms with van der Waals surface area (Å²) in [6.45, 7) is 0.162. The van der Waals surface area contributed by atoms with Crippen LogP contribution < -0.4 is 4.74 Å². The molecule has 0 unspecified atom stereocenters. The van der Waals surface area contributed by atoms with E-state index in [9.17, 15) is 20.1 Å². The molecule has 0 saturated heterocycles. The smallest absolute Gasteiger partial charge is 0.306 e. The molecule has 10 nitrogen and oxygen atoms in total. The van der Waals surface area contributed by atoms with Crippen LogP contribution in [0.1, 0.15) is 43.2 Å². The van der Waals surface area contributed by atoms with E-state index >= 15 is 0 Å². The van der Waals surface area contributed by atoms with E-state index in [2.05, 4.69) is 4.84 Å². The second-order valence-corrected chi connectivity index (χ2v) is 10.4. The quantitative estimate of drug-likeness (QED) is 0.0824. The van der Waals surface area contributed by atoms with Crippen molar-refractivity contribution in [1.29, 1.82) is 0 Å². The zero-order valence-electron chi connectivity index (χ0n) is 22.7. The van der Waals surface area contributed by atoms with Gasteiger partial charge < -0.3 is 24.8 Å². The Morgan fingerprint density at radius 2 is 1.78 bits per heavy atom. The van der Waals surface area contributed by atoms with Gasteiger partial charge in [0.2, 0.25) is 0 Å². The Balaban J connectivity index is 1.34. The SMILES string of the molecule is O=C(CCC/C=C\C[C@@H]1[C@@H](/C=C/[C@@H](O)COc2cccc(Cl)c2)[C@H](O)C[C@@H]1O)OCc1ccc(CON(O)O)cc1. The Bertz CT molecular complexity index is 1130. The van der Waals surface area contributed by atoms with E-state index < -0.39 is 18.3 Å². The van der Waals surface area contributed by atoms with Crippen LogP contribution in [0.2, 0.25) is 5.02 Å². The highest BCUT2D eigenvalue weighted by Crippen LogP contribution is 2.36. The third-order valence-electron chi connectivity index (χ3n) is 6.78. The number of aliphatic hydroxyl groups is 3. The number of hydrogen-bond donors (Lipinski definition) is 5. The number of hydrogen-bond acceptors (Lipinski definition) is 10. The van der Waals surface area contributed by atoms with E-state index in [1.807, 2.05) is 12.2 Å². The van der Waals surface area contributed by atoms with Crippen molar-refractivity contribution in [2.45, 2.75) is 63.6 Å². The molecule has 5 atom stereocenters. The summed E-state index contributed by atoms with van der Waals surface area (Å²) in [5, 5.41) is 48.5. The number of aliphatic hydroxyl groups excluding tert-OH is 3. The largest absolute Gasteiger partial charge is 0.491 e. The molecule has 11 heteroatoms. The van der Waals surface area contributed by atoms with E-state index in [4.69, 9.17) is 31.5 Å². The molecular weight excluding hydrogens is 554 g/mol.